The lowest BCUT2D eigenvalue weighted by atomic mass is 10.2. The van der Waals surface area contributed by atoms with Gasteiger partial charge in [0.25, 0.3) is 0 Å². The van der Waals surface area contributed by atoms with Crippen LogP contribution >= 0.6 is 0 Å². The van der Waals surface area contributed by atoms with Crippen LogP contribution in [-0.4, -0.2) is 14.5 Å². The van der Waals surface area contributed by atoms with Crippen molar-refractivity contribution in [3.8, 4) is 24.0 Å². The summed E-state index contributed by atoms with van der Waals surface area (Å²) in [6.45, 7) is 0. The first kappa shape index (κ1) is 11.1. The van der Waals surface area contributed by atoms with Crippen LogP contribution in [0.15, 0.2) is 18.6 Å². The van der Waals surface area contributed by atoms with Crippen LogP contribution in [0, 0.1) is 34.0 Å². The highest BCUT2D eigenvalue weighted by atomic mass is 15.1. The Balaban J connectivity index is 2.73. The number of rotatable bonds is 1. The third-order valence-electron chi connectivity index (χ3n) is 2.30. The van der Waals surface area contributed by atoms with Crippen molar-refractivity contribution < 1.29 is 0 Å². The van der Waals surface area contributed by atoms with Crippen LogP contribution in [-0.2, 0) is 0 Å². The van der Waals surface area contributed by atoms with Crippen molar-refractivity contribution in [3.05, 3.63) is 35.5 Å². The Morgan fingerprint density at radius 1 is 1.11 bits per heavy atom. The van der Waals surface area contributed by atoms with Gasteiger partial charge in [-0.05, 0) is 6.07 Å². The summed E-state index contributed by atoms with van der Waals surface area (Å²) in [5.41, 5.74) is 6.18. The van der Waals surface area contributed by atoms with Crippen LogP contribution in [0.1, 0.15) is 17.0 Å². The first-order chi connectivity index (χ1) is 8.72. The molecule has 2 N–H and O–H groups in total. The minimum Gasteiger partial charge on any atom is -0.395 e. The molecule has 0 amide bonds. The van der Waals surface area contributed by atoms with Gasteiger partial charge in [0.1, 0.15) is 24.5 Å². The van der Waals surface area contributed by atoms with E-state index in [1.165, 1.54) is 23.2 Å². The molecule has 0 spiro atoms. The average Bonchev–Trinajstić information content (AvgIpc) is 2.81. The summed E-state index contributed by atoms with van der Waals surface area (Å²) in [6, 6.07) is 7.04. The van der Waals surface area contributed by atoms with Gasteiger partial charge in [0, 0.05) is 6.20 Å². The van der Waals surface area contributed by atoms with Crippen molar-refractivity contribution in [2.24, 2.45) is 0 Å². The Morgan fingerprint density at radius 2 is 1.89 bits per heavy atom. The summed E-state index contributed by atoms with van der Waals surface area (Å²) in [5.74, 6) is 0.208. The fraction of sp³-hybridized carbons (Fsp3) is 0. The van der Waals surface area contributed by atoms with E-state index in [-0.39, 0.29) is 28.5 Å². The second kappa shape index (κ2) is 4.25. The SMILES string of the molecule is N#Cc1ccnc(-n2cnc(C#N)c2C#N)c1N. The van der Waals surface area contributed by atoms with Crippen LogP contribution in [0.5, 0.6) is 0 Å². The van der Waals surface area contributed by atoms with Crippen molar-refractivity contribution >= 4 is 5.69 Å². The molecule has 2 heterocycles. The minimum absolute atomic E-state index is 0.0129. The van der Waals surface area contributed by atoms with Gasteiger partial charge in [-0.3, -0.25) is 4.57 Å². The van der Waals surface area contributed by atoms with E-state index in [4.69, 9.17) is 21.5 Å². The highest BCUT2D eigenvalue weighted by molar-refractivity contribution is 5.64. The molecular weight excluding hydrogens is 230 g/mol. The molecule has 0 bridgehead atoms. The largest absolute Gasteiger partial charge is 0.395 e. The summed E-state index contributed by atoms with van der Waals surface area (Å²) < 4.78 is 1.29. The number of nitrogens with two attached hydrogens (primary N) is 1. The fourth-order valence-corrected chi connectivity index (χ4v) is 1.45. The number of imidazole rings is 1. The Kier molecular flexibility index (Phi) is 2.62. The molecule has 0 saturated carbocycles. The molecule has 2 aromatic heterocycles. The summed E-state index contributed by atoms with van der Waals surface area (Å²) in [6.07, 6.45) is 2.68. The molecule has 84 valence electrons. The third kappa shape index (κ3) is 1.51. The molecule has 0 fully saturated rings. The van der Waals surface area contributed by atoms with Gasteiger partial charge in [0.2, 0.25) is 0 Å². The molecule has 0 aliphatic carbocycles. The molecule has 2 rings (SSSR count). The van der Waals surface area contributed by atoms with Crippen molar-refractivity contribution in [2.45, 2.75) is 0 Å². The van der Waals surface area contributed by atoms with Gasteiger partial charge in [-0.15, -0.1) is 0 Å². The van der Waals surface area contributed by atoms with Crippen molar-refractivity contribution in [2.75, 3.05) is 5.73 Å². The van der Waals surface area contributed by atoms with Gasteiger partial charge in [0.15, 0.2) is 17.2 Å². The van der Waals surface area contributed by atoms with Crippen molar-refractivity contribution in [1.82, 2.24) is 14.5 Å². The van der Waals surface area contributed by atoms with Crippen LogP contribution < -0.4 is 5.73 Å². The molecule has 0 aliphatic rings. The smallest absolute Gasteiger partial charge is 0.177 e. The third-order valence-corrected chi connectivity index (χ3v) is 2.30. The number of hydrogen-bond acceptors (Lipinski definition) is 6. The van der Waals surface area contributed by atoms with E-state index in [0.717, 1.165) is 0 Å². The number of aromatic nitrogens is 3. The lowest BCUT2D eigenvalue weighted by Crippen LogP contribution is -2.05. The van der Waals surface area contributed by atoms with Crippen LogP contribution in [0.4, 0.5) is 5.69 Å². The minimum atomic E-state index is -0.0129. The predicted molar refractivity (Wildman–Crippen MR) is 59.9 cm³/mol. The maximum absolute atomic E-state index is 9.00. The highest BCUT2D eigenvalue weighted by Gasteiger charge is 2.15. The van der Waals surface area contributed by atoms with E-state index in [1.807, 2.05) is 12.1 Å². The highest BCUT2D eigenvalue weighted by Crippen LogP contribution is 2.20. The Bertz CT molecular complexity index is 724. The maximum Gasteiger partial charge on any atom is 0.177 e. The van der Waals surface area contributed by atoms with Gasteiger partial charge in [0.05, 0.1) is 11.3 Å². The van der Waals surface area contributed by atoms with Crippen LogP contribution in [0.25, 0.3) is 5.82 Å². The zero-order chi connectivity index (χ0) is 13.1. The normalized spacial score (nSPS) is 9.17. The second-order valence-electron chi connectivity index (χ2n) is 3.24. The van der Waals surface area contributed by atoms with E-state index in [2.05, 4.69) is 9.97 Å². The van der Waals surface area contributed by atoms with Crippen LogP contribution in [0.2, 0.25) is 0 Å². The van der Waals surface area contributed by atoms with E-state index in [0.29, 0.717) is 0 Å². The predicted octanol–water partition coefficient (Wildman–Crippen LogP) is 0.465. The van der Waals surface area contributed by atoms with E-state index >= 15 is 0 Å². The Hall–Kier alpha value is -3.37. The summed E-state index contributed by atoms with van der Waals surface area (Å²) in [4.78, 5) is 7.78. The second-order valence-corrected chi connectivity index (χ2v) is 3.24. The maximum atomic E-state index is 9.00. The topological polar surface area (TPSA) is 128 Å². The summed E-state index contributed by atoms with van der Waals surface area (Å²) >= 11 is 0. The number of nitriles is 3. The van der Waals surface area contributed by atoms with Gasteiger partial charge in [-0.25, -0.2) is 9.97 Å². The molecule has 18 heavy (non-hydrogen) atoms. The van der Waals surface area contributed by atoms with Gasteiger partial charge < -0.3 is 5.73 Å². The monoisotopic (exact) mass is 235 g/mol. The molecule has 0 radical (unpaired) electrons. The first-order valence-electron chi connectivity index (χ1n) is 4.75. The quantitative estimate of drug-likeness (QED) is 0.764. The van der Waals surface area contributed by atoms with E-state index in [9.17, 15) is 0 Å². The first-order valence-corrected chi connectivity index (χ1v) is 4.75. The average molecular weight is 235 g/mol. The Morgan fingerprint density at radius 3 is 2.50 bits per heavy atom. The lowest BCUT2D eigenvalue weighted by molar-refractivity contribution is 0.978. The number of pyridine rings is 1. The van der Waals surface area contributed by atoms with Gasteiger partial charge in [-0.2, -0.15) is 15.8 Å². The number of nitrogen functional groups attached to an aromatic ring is 1. The molecule has 0 aromatic carbocycles. The van der Waals surface area contributed by atoms with Crippen molar-refractivity contribution in [3.63, 3.8) is 0 Å². The van der Waals surface area contributed by atoms with Gasteiger partial charge in [-0.1, -0.05) is 0 Å². The number of hydrogen-bond donors (Lipinski definition) is 1. The fourth-order valence-electron chi connectivity index (χ4n) is 1.45. The lowest BCUT2D eigenvalue weighted by Gasteiger charge is -2.06. The number of anilines is 1. The standard InChI is InChI=1S/C11H5N7/c12-3-7-1-2-16-11(10(7)15)18-6-17-8(4-13)9(18)5-14/h1-2,6H,15H2. The zero-order valence-electron chi connectivity index (χ0n) is 8.99. The zero-order valence-corrected chi connectivity index (χ0v) is 8.99. The molecule has 2 aromatic rings. The number of nitrogens with zero attached hydrogens (tertiary/aromatic N) is 6. The Labute approximate surface area is 102 Å². The van der Waals surface area contributed by atoms with Crippen LogP contribution in [0.3, 0.4) is 0 Å². The van der Waals surface area contributed by atoms with E-state index in [1.54, 1.807) is 6.07 Å². The summed E-state index contributed by atoms with van der Waals surface area (Å²) in [7, 11) is 0. The molecular formula is C11H5N7. The van der Waals surface area contributed by atoms with Gasteiger partial charge >= 0.3 is 0 Å². The molecule has 0 aliphatic heterocycles. The molecule has 0 saturated heterocycles. The molecule has 7 heteroatoms. The van der Waals surface area contributed by atoms with E-state index < -0.39 is 0 Å². The van der Waals surface area contributed by atoms with Crippen molar-refractivity contribution in [1.29, 1.82) is 15.8 Å². The molecule has 0 atom stereocenters. The summed E-state index contributed by atoms with van der Waals surface area (Å²) in [5, 5.41) is 26.7. The molecule has 7 nitrogen and oxygen atoms in total. The molecule has 0 unspecified atom stereocenters.